The Bertz CT molecular complexity index is 1220. The summed E-state index contributed by atoms with van der Waals surface area (Å²) in [5.74, 6) is 1.59. The van der Waals surface area contributed by atoms with E-state index in [1.807, 2.05) is 95.5 Å². The molecule has 192 valence electrons. The van der Waals surface area contributed by atoms with E-state index in [2.05, 4.69) is 68.6 Å². The highest BCUT2D eigenvalue weighted by Gasteiger charge is 2.12. The fraction of sp³-hybridized carbons (Fsp3) is 0.333. The first-order valence-electron chi connectivity index (χ1n) is 12.3. The topological polar surface area (TPSA) is 73.5 Å². The second-order valence-electron chi connectivity index (χ2n) is 9.27. The van der Waals surface area contributed by atoms with E-state index in [4.69, 9.17) is 0 Å². The molecule has 0 fully saturated rings. The Kier molecular flexibility index (Phi) is 8.07. The number of anilines is 2. The van der Waals surface area contributed by atoms with Crippen LogP contribution in [0.4, 0.5) is 34.6 Å². The average Bonchev–Trinajstić information content (AvgIpc) is 3.40. The smallest absolute Gasteiger partial charge is 0.375 e. The van der Waals surface area contributed by atoms with Crippen LogP contribution in [0.3, 0.4) is 0 Å². The van der Waals surface area contributed by atoms with E-state index in [0.29, 0.717) is 0 Å². The maximum atomic E-state index is 4.37. The van der Waals surface area contributed by atoms with Gasteiger partial charge in [0.15, 0.2) is 0 Å². The molecule has 0 atom stereocenters. The van der Waals surface area contributed by atoms with Crippen LogP contribution >= 0.6 is 0 Å². The number of aryl methyl sites for hydroxylation is 4. The molecule has 2 heterocycles. The first kappa shape index (κ1) is 25.7. The summed E-state index contributed by atoms with van der Waals surface area (Å²) in [6.07, 6.45) is 8.86. The van der Waals surface area contributed by atoms with Crippen molar-refractivity contribution in [2.45, 2.75) is 6.42 Å². The summed E-state index contributed by atoms with van der Waals surface area (Å²) in [5.41, 5.74) is 3.98. The Hall–Kier alpha value is -4.34. The quantitative estimate of drug-likeness (QED) is 0.232. The number of nitrogens with zero attached hydrogens (tertiary/aromatic N) is 10. The van der Waals surface area contributed by atoms with Crippen LogP contribution < -0.4 is 18.9 Å². The largest absolute Gasteiger partial charge is 0.421 e. The highest BCUT2D eigenvalue weighted by molar-refractivity contribution is 5.53. The maximum absolute atomic E-state index is 4.37. The summed E-state index contributed by atoms with van der Waals surface area (Å²) in [6, 6.07) is 16.4. The van der Waals surface area contributed by atoms with E-state index in [9.17, 15) is 0 Å². The van der Waals surface area contributed by atoms with Gasteiger partial charge in [-0.3, -0.25) is 0 Å². The number of imidazole rings is 2. The summed E-state index contributed by atoms with van der Waals surface area (Å²) in [5, 5.41) is 17.5. The second-order valence-corrected chi connectivity index (χ2v) is 9.27. The van der Waals surface area contributed by atoms with E-state index < -0.39 is 0 Å². The molecule has 0 aliphatic heterocycles. The van der Waals surface area contributed by atoms with Crippen molar-refractivity contribution in [2.24, 2.45) is 48.6 Å². The zero-order valence-electron chi connectivity index (χ0n) is 22.5. The number of hydrogen-bond acceptors (Lipinski definition) is 6. The van der Waals surface area contributed by atoms with Crippen molar-refractivity contribution in [3.63, 3.8) is 0 Å². The van der Waals surface area contributed by atoms with Gasteiger partial charge in [-0.15, -0.1) is 0 Å². The van der Waals surface area contributed by atoms with Crippen LogP contribution in [0.2, 0.25) is 0 Å². The van der Waals surface area contributed by atoms with Crippen LogP contribution in [0.5, 0.6) is 0 Å². The minimum Gasteiger partial charge on any atom is -0.375 e. The van der Waals surface area contributed by atoms with Crippen molar-refractivity contribution < 1.29 is 9.13 Å². The molecular formula is C27H36N10+2. The minimum absolute atomic E-state index is 0.797. The third-order valence-corrected chi connectivity index (χ3v) is 6.37. The molecule has 0 amide bonds. The van der Waals surface area contributed by atoms with Gasteiger partial charge >= 0.3 is 11.9 Å². The number of hydrogen-bond donors (Lipinski definition) is 0. The Labute approximate surface area is 218 Å². The molecule has 0 aliphatic rings. The van der Waals surface area contributed by atoms with E-state index >= 15 is 0 Å². The molecule has 10 heteroatoms. The molecule has 4 rings (SSSR count). The fourth-order valence-corrected chi connectivity index (χ4v) is 4.00. The molecule has 0 unspecified atom stereocenters. The summed E-state index contributed by atoms with van der Waals surface area (Å²) in [6.45, 7) is 1.90. The zero-order chi connectivity index (χ0) is 26.4. The lowest BCUT2D eigenvalue weighted by molar-refractivity contribution is -0.657. The average molecular weight is 501 g/mol. The summed E-state index contributed by atoms with van der Waals surface area (Å²) < 4.78 is 7.75. The molecule has 0 saturated heterocycles. The number of benzene rings is 2. The highest BCUT2D eigenvalue weighted by atomic mass is 15.3. The molecule has 2 aromatic carbocycles. The predicted molar refractivity (Wildman–Crippen MR) is 146 cm³/mol. The summed E-state index contributed by atoms with van der Waals surface area (Å²) in [4.78, 5) is 4.53. The zero-order valence-corrected chi connectivity index (χ0v) is 22.5. The first-order valence-corrected chi connectivity index (χ1v) is 12.3. The van der Waals surface area contributed by atoms with Crippen LogP contribution in [0.15, 0.2) is 93.8 Å². The molecule has 37 heavy (non-hydrogen) atoms. The van der Waals surface area contributed by atoms with Crippen molar-refractivity contribution in [3.05, 3.63) is 73.3 Å². The van der Waals surface area contributed by atoms with E-state index in [1.165, 1.54) is 0 Å². The van der Waals surface area contributed by atoms with Crippen LogP contribution in [0.1, 0.15) is 6.42 Å². The second kappa shape index (κ2) is 11.6. The number of rotatable bonds is 10. The lowest BCUT2D eigenvalue weighted by Gasteiger charge is -2.23. The fourth-order valence-electron chi connectivity index (χ4n) is 4.00. The first-order chi connectivity index (χ1) is 17.8. The SMILES string of the molecule is CN(CCCN(C)c1ccc(N=Nc2n(C)cc[n+]2C)cc1)c1ccc(N=Nc2n(C)cc[n+]2C)cc1. The Morgan fingerprint density at radius 3 is 1.32 bits per heavy atom. The molecule has 0 bridgehead atoms. The van der Waals surface area contributed by atoms with Crippen molar-refractivity contribution in [1.29, 1.82) is 0 Å². The molecule has 0 radical (unpaired) electrons. The maximum Gasteiger partial charge on any atom is 0.421 e. The molecule has 4 aromatic rings. The van der Waals surface area contributed by atoms with Gasteiger partial charge in [0.25, 0.3) is 0 Å². The normalized spacial score (nSPS) is 11.6. The van der Waals surface area contributed by atoms with Gasteiger partial charge in [0.2, 0.25) is 0 Å². The number of aromatic nitrogens is 4. The van der Waals surface area contributed by atoms with Gasteiger partial charge in [0.05, 0.1) is 53.0 Å². The van der Waals surface area contributed by atoms with E-state index in [-0.39, 0.29) is 0 Å². The molecule has 10 nitrogen and oxygen atoms in total. The van der Waals surface area contributed by atoms with Gasteiger partial charge < -0.3 is 9.80 Å². The third-order valence-electron chi connectivity index (χ3n) is 6.37. The van der Waals surface area contributed by atoms with Gasteiger partial charge in [-0.25, -0.2) is 18.3 Å². The Morgan fingerprint density at radius 2 is 1.00 bits per heavy atom. The van der Waals surface area contributed by atoms with Gasteiger partial charge in [-0.05, 0) is 55.0 Å². The van der Waals surface area contributed by atoms with Crippen molar-refractivity contribution in [2.75, 3.05) is 37.0 Å². The Morgan fingerprint density at radius 1 is 0.622 bits per heavy atom. The number of azo groups is 2. The van der Waals surface area contributed by atoms with Crippen molar-refractivity contribution in [1.82, 2.24) is 9.13 Å². The van der Waals surface area contributed by atoms with Gasteiger partial charge in [-0.2, -0.15) is 0 Å². The van der Waals surface area contributed by atoms with Crippen molar-refractivity contribution in [3.8, 4) is 0 Å². The van der Waals surface area contributed by atoms with Crippen molar-refractivity contribution >= 4 is 34.6 Å². The lowest BCUT2D eigenvalue weighted by Crippen LogP contribution is -2.25. The van der Waals surface area contributed by atoms with Gasteiger partial charge in [0, 0.05) is 48.8 Å². The van der Waals surface area contributed by atoms with Gasteiger partial charge in [0.1, 0.15) is 11.4 Å². The molecule has 0 spiro atoms. The van der Waals surface area contributed by atoms with E-state index in [1.54, 1.807) is 0 Å². The molecule has 0 aliphatic carbocycles. The van der Waals surface area contributed by atoms with Crippen LogP contribution in [-0.4, -0.2) is 36.3 Å². The van der Waals surface area contributed by atoms with Crippen LogP contribution in [0, 0.1) is 0 Å². The third kappa shape index (κ3) is 6.46. The molecule has 0 N–H and O–H groups in total. The molecular weight excluding hydrogens is 464 g/mol. The monoisotopic (exact) mass is 500 g/mol. The standard InChI is InChI=1S/C27H36N10/c1-32(24-12-8-22(9-13-24)28-30-26-34(3)18-19-35(26)4)16-7-17-33(2)25-14-10-23(11-15-25)29-31-27-36(5)20-21-37(27)6/h8-15,18-21H,7,16-17H2,1-6H3/q+2. The highest BCUT2D eigenvalue weighted by Crippen LogP contribution is 2.22. The van der Waals surface area contributed by atoms with Gasteiger partial charge in [-0.1, -0.05) is 10.2 Å². The predicted octanol–water partition coefficient (Wildman–Crippen LogP) is 4.81. The van der Waals surface area contributed by atoms with Crippen LogP contribution in [0.25, 0.3) is 0 Å². The molecule has 0 saturated carbocycles. The molecule has 2 aromatic heterocycles. The van der Waals surface area contributed by atoms with E-state index in [0.717, 1.165) is 54.2 Å². The summed E-state index contributed by atoms with van der Waals surface area (Å²) in [7, 11) is 12.1. The lowest BCUT2D eigenvalue weighted by atomic mass is 10.2. The summed E-state index contributed by atoms with van der Waals surface area (Å²) >= 11 is 0. The van der Waals surface area contributed by atoms with Crippen LogP contribution in [-0.2, 0) is 28.2 Å². The Balaban J connectivity index is 1.25. The minimum atomic E-state index is 0.797.